The lowest BCUT2D eigenvalue weighted by Gasteiger charge is -2.29. The molecule has 1 unspecified atom stereocenters. The van der Waals surface area contributed by atoms with E-state index in [-0.39, 0.29) is 24.9 Å². The molecule has 3 rings (SSSR count). The van der Waals surface area contributed by atoms with Crippen LogP contribution in [0, 0.1) is 0 Å². The zero-order chi connectivity index (χ0) is 17.3. The second-order valence-electron chi connectivity index (χ2n) is 6.19. The first-order valence-corrected chi connectivity index (χ1v) is 8.33. The van der Waals surface area contributed by atoms with Gasteiger partial charge in [0.25, 0.3) is 11.8 Å². The number of imide groups is 1. The maximum atomic E-state index is 12.4. The van der Waals surface area contributed by atoms with Crippen molar-refractivity contribution in [3.05, 3.63) is 0 Å². The normalized spacial score (nSPS) is 26.5. The lowest BCUT2D eigenvalue weighted by molar-refractivity contribution is -0.201. The van der Waals surface area contributed by atoms with Crippen molar-refractivity contribution in [3.8, 4) is 0 Å². The van der Waals surface area contributed by atoms with Gasteiger partial charge in [0.2, 0.25) is 0 Å². The third-order valence-electron chi connectivity index (χ3n) is 4.51. The van der Waals surface area contributed by atoms with Crippen molar-refractivity contribution in [2.45, 2.75) is 57.5 Å². The van der Waals surface area contributed by atoms with Gasteiger partial charge in [-0.25, -0.2) is 9.59 Å². The highest BCUT2D eigenvalue weighted by Gasteiger charge is 2.49. The second kappa shape index (κ2) is 6.76. The summed E-state index contributed by atoms with van der Waals surface area (Å²) in [5.74, 6) is -1.81. The molecule has 0 aromatic rings. The van der Waals surface area contributed by atoms with Crippen molar-refractivity contribution in [3.63, 3.8) is 0 Å². The SMILES string of the molecule is CCCCON1C(=O)N2CC1CC[C@H]2C(=O)ON1C(=O)CCC1=O. The van der Waals surface area contributed by atoms with Gasteiger partial charge in [0.1, 0.15) is 6.04 Å². The van der Waals surface area contributed by atoms with E-state index in [0.717, 1.165) is 12.8 Å². The van der Waals surface area contributed by atoms with Gasteiger partial charge < -0.3 is 9.74 Å². The van der Waals surface area contributed by atoms with Crippen LogP contribution in [-0.2, 0) is 24.1 Å². The Bertz CT molecular complexity index is 549. The molecule has 3 saturated heterocycles. The number of rotatable bonds is 6. The zero-order valence-electron chi connectivity index (χ0n) is 13.6. The number of carbonyl (C=O) groups is 4. The van der Waals surface area contributed by atoms with Gasteiger partial charge in [0.15, 0.2) is 0 Å². The summed E-state index contributed by atoms with van der Waals surface area (Å²) in [7, 11) is 0. The van der Waals surface area contributed by atoms with E-state index in [9.17, 15) is 19.2 Å². The van der Waals surface area contributed by atoms with Crippen molar-refractivity contribution in [1.82, 2.24) is 15.0 Å². The number of carbonyl (C=O) groups excluding carboxylic acids is 4. The van der Waals surface area contributed by atoms with Crippen molar-refractivity contribution in [1.29, 1.82) is 0 Å². The van der Waals surface area contributed by atoms with Crippen LogP contribution in [0.3, 0.4) is 0 Å². The van der Waals surface area contributed by atoms with E-state index in [1.165, 1.54) is 9.96 Å². The number of fused-ring (bicyclic) bond motifs is 2. The Hall–Kier alpha value is -2.16. The van der Waals surface area contributed by atoms with Crippen LogP contribution in [0.1, 0.15) is 45.4 Å². The van der Waals surface area contributed by atoms with Crippen LogP contribution in [0.2, 0.25) is 0 Å². The molecule has 2 atom stereocenters. The van der Waals surface area contributed by atoms with Crippen LogP contribution in [0.5, 0.6) is 0 Å². The van der Waals surface area contributed by atoms with E-state index in [1.54, 1.807) is 0 Å². The summed E-state index contributed by atoms with van der Waals surface area (Å²) in [5, 5.41) is 1.86. The number of hydrogen-bond donors (Lipinski definition) is 0. The molecule has 2 bridgehead atoms. The molecule has 0 N–H and O–H groups in total. The minimum atomic E-state index is -0.797. The molecule has 3 aliphatic rings. The highest BCUT2D eigenvalue weighted by Crippen LogP contribution is 2.31. The zero-order valence-corrected chi connectivity index (χ0v) is 13.6. The van der Waals surface area contributed by atoms with Crippen molar-refractivity contribution in [2.24, 2.45) is 0 Å². The summed E-state index contributed by atoms with van der Waals surface area (Å²) >= 11 is 0. The minimum absolute atomic E-state index is 0.0422. The van der Waals surface area contributed by atoms with Crippen LogP contribution < -0.4 is 0 Å². The lowest BCUT2D eigenvalue weighted by atomic mass is 10.0. The van der Waals surface area contributed by atoms with E-state index < -0.39 is 23.8 Å². The van der Waals surface area contributed by atoms with Crippen LogP contribution in [0.15, 0.2) is 0 Å². The number of amides is 4. The molecule has 3 fully saturated rings. The van der Waals surface area contributed by atoms with Gasteiger partial charge in [-0.2, -0.15) is 5.06 Å². The molecular formula is C15H21N3O6. The van der Waals surface area contributed by atoms with Crippen molar-refractivity contribution < 1.29 is 28.9 Å². The average Bonchev–Trinajstić information content (AvgIpc) is 3.01. The summed E-state index contributed by atoms with van der Waals surface area (Å²) in [6.45, 7) is 2.87. The summed E-state index contributed by atoms with van der Waals surface area (Å²) in [6.07, 6.45) is 2.92. The Morgan fingerprint density at radius 2 is 1.88 bits per heavy atom. The summed E-state index contributed by atoms with van der Waals surface area (Å²) in [6, 6.07) is -1.24. The largest absolute Gasteiger partial charge is 0.355 e. The first kappa shape index (κ1) is 16.7. The molecule has 4 amide bonds. The number of hydroxylamine groups is 4. The third kappa shape index (κ3) is 2.95. The average molecular weight is 339 g/mol. The molecule has 0 radical (unpaired) electrons. The fourth-order valence-electron chi connectivity index (χ4n) is 3.16. The topological polar surface area (TPSA) is 96.5 Å². The van der Waals surface area contributed by atoms with E-state index in [2.05, 4.69) is 0 Å². The molecule has 0 aliphatic carbocycles. The molecule has 3 heterocycles. The molecule has 3 aliphatic heterocycles. The molecule has 132 valence electrons. The molecule has 9 heteroatoms. The Balaban J connectivity index is 1.62. The summed E-state index contributed by atoms with van der Waals surface area (Å²) in [4.78, 5) is 59.7. The molecule has 0 aromatic heterocycles. The van der Waals surface area contributed by atoms with Gasteiger partial charge in [0.05, 0.1) is 12.6 Å². The molecule has 24 heavy (non-hydrogen) atoms. The van der Waals surface area contributed by atoms with Crippen LogP contribution in [0.4, 0.5) is 4.79 Å². The van der Waals surface area contributed by atoms with E-state index in [1.807, 2.05) is 6.92 Å². The predicted octanol–water partition coefficient (Wildman–Crippen LogP) is 0.594. The number of piperidine rings is 1. The minimum Gasteiger partial charge on any atom is -0.328 e. The van der Waals surface area contributed by atoms with Gasteiger partial charge in [-0.3, -0.25) is 14.4 Å². The van der Waals surface area contributed by atoms with Crippen LogP contribution in [0.25, 0.3) is 0 Å². The fraction of sp³-hybridized carbons (Fsp3) is 0.733. The Labute approximate surface area is 139 Å². The molecular weight excluding hydrogens is 318 g/mol. The van der Waals surface area contributed by atoms with Gasteiger partial charge >= 0.3 is 12.0 Å². The fourth-order valence-corrected chi connectivity index (χ4v) is 3.16. The van der Waals surface area contributed by atoms with E-state index in [0.29, 0.717) is 31.1 Å². The standard InChI is InChI=1S/C15H21N3O6/c1-2-3-8-23-17-10-4-5-11(16(9-10)15(17)22)14(21)24-18-12(19)6-7-13(18)20/h10-11H,2-9H2,1H3/t10?,11-/m0/s1. The van der Waals surface area contributed by atoms with Crippen LogP contribution in [-0.4, -0.2) is 64.1 Å². The molecule has 0 spiro atoms. The number of hydrogen-bond acceptors (Lipinski definition) is 6. The number of nitrogens with zero attached hydrogens (tertiary/aromatic N) is 3. The van der Waals surface area contributed by atoms with E-state index in [4.69, 9.17) is 9.68 Å². The maximum Gasteiger partial charge on any atom is 0.355 e. The van der Waals surface area contributed by atoms with Crippen molar-refractivity contribution in [2.75, 3.05) is 13.2 Å². The molecule has 9 nitrogen and oxygen atoms in total. The quantitative estimate of drug-likeness (QED) is 0.519. The smallest absolute Gasteiger partial charge is 0.328 e. The first-order chi connectivity index (χ1) is 11.5. The van der Waals surface area contributed by atoms with Crippen molar-refractivity contribution >= 4 is 23.8 Å². The lowest BCUT2D eigenvalue weighted by Crippen LogP contribution is -2.48. The summed E-state index contributed by atoms with van der Waals surface area (Å²) < 4.78 is 0. The van der Waals surface area contributed by atoms with Gasteiger partial charge in [-0.05, 0) is 19.3 Å². The third-order valence-corrected chi connectivity index (χ3v) is 4.51. The maximum absolute atomic E-state index is 12.4. The highest BCUT2D eigenvalue weighted by molar-refractivity contribution is 6.02. The monoisotopic (exact) mass is 339 g/mol. The second-order valence-corrected chi connectivity index (χ2v) is 6.19. The Morgan fingerprint density at radius 1 is 1.17 bits per heavy atom. The van der Waals surface area contributed by atoms with E-state index >= 15 is 0 Å². The summed E-state index contributed by atoms with van der Waals surface area (Å²) in [5.41, 5.74) is 0. The first-order valence-electron chi connectivity index (χ1n) is 8.33. The Morgan fingerprint density at radius 3 is 2.54 bits per heavy atom. The van der Waals surface area contributed by atoms with Crippen LogP contribution >= 0.6 is 0 Å². The highest BCUT2D eigenvalue weighted by atomic mass is 16.7. The number of unbranched alkanes of at least 4 members (excludes halogenated alkanes) is 1. The predicted molar refractivity (Wildman–Crippen MR) is 78.8 cm³/mol. The van der Waals surface area contributed by atoms with Gasteiger partial charge in [-0.15, -0.1) is 5.06 Å². The molecule has 0 aromatic carbocycles. The Kier molecular flexibility index (Phi) is 4.70. The van der Waals surface area contributed by atoms with Gasteiger partial charge in [-0.1, -0.05) is 13.3 Å². The number of urea groups is 1. The van der Waals surface area contributed by atoms with Gasteiger partial charge in [0, 0.05) is 19.4 Å². The molecule has 0 saturated carbocycles.